The van der Waals surface area contributed by atoms with E-state index in [-0.39, 0.29) is 50.7 Å². The summed E-state index contributed by atoms with van der Waals surface area (Å²) in [5.74, 6) is 0. The molecule has 1 aliphatic rings. The quantitative estimate of drug-likeness (QED) is 0.218. The van der Waals surface area contributed by atoms with E-state index in [1.807, 2.05) is 24.3 Å². The predicted octanol–water partition coefficient (Wildman–Crippen LogP) is 9.87. The molecular weight excluding hydrogens is 436 g/mol. The standard InChI is InChI=1S/C35H24O/c1-35(2)29-14-8-7-13-27(29)33-30(35)17-16-26-28-20-23(15-18-31(28)36-34(26)33)32-24-11-5-3-9-21(24)19-22-10-4-6-12-25(22)32/h3-20H,1-2H3/i3D,4D,5D,6D,9D,10D,11D,12D,19D. The Morgan fingerprint density at radius 2 is 1.39 bits per heavy atom. The highest BCUT2D eigenvalue weighted by atomic mass is 16.3. The van der Waals surface area contributed by atoms with E-state index in [2.05, 4.69) is 32.0 Å². The second-order valence-corrected chi connectivity index (χ2v) is 9.85. The van der Waals surface area contributed by atoms with Crippen molar-refractivity contribution >= 4 is 43.5 Å². The molecule has 0 radical (unpaired) electrons. The molecule has 0 spiro atoms. The van der Waals surface area contributed by atoms with Gasteiger partial charge in [0.15, 0.2) is 0 Å². The summed E-state index contributed by atoms with van der Waals surface area (Å²) in [5.41, 5.74) is 6.34. The van der Waals surface area contributed by atoms with Gasteiger partial charge >= 0.3 is 0 Å². The molecule has 7 aromatic rings. The Balaban J connectivity index is 1.54. The van der Waals surface area contributed by atoms with Crippen LogP contribution in [-0.2, 0) is 5.41 Å². The van der Waals surface area contributed by atoms with E-state index in [0.717, 1.165) is 33.0 Å². The molecule has 1 heteroatoms. The highest BCUT2D eigenvalue weighted by molar-refractivity contribution is 6.16. The molecule has 6 aromatic carbocycles. The van der Waals surface area contributed by atoms with Crippen molar-refractivity contribution in [3.05, 3.63) is 120 Å². The molecule has 1 heterocycles. The molecule has 1 aliphatic carbocycles. The van der Waals surface area contributed by atoms with Crippen LogP contribution in [0.2, 0.25) is 0 Å². The van der Waals surface area contributed by atoms with Crippen LogP contribution in [0.3, 0.4) is 0 Å². The van der Waals surface area contributed by atoms with Crippen molar-refractivity contribution in [1.82, 2.24) is 0 Å². The normalized spacial score (nSPS) is 17.6. The molecule has 0 atom stereocenters. The van der Waals surface area contributed by atoms with Gasteiger partial charge in [-0.25, -0.2) is 0 Å². The van der Waals surface area contributed by atoms with Gasteiger partial charge < -0.3 is 4.42 Å². The van der Waals surface area contributed by atoms with Gasteiger partial charge in [0.1, 0.15) is 11.2 Å². The average Bonchev–Trinajstić information content (AvgIpc) is 3.52. The maximum atomic E-state index is 8.97. The maximum absolute atomic E-state index is 8.97. The fourth-order valence-electron chi connectivity index (χ4n) is 5.90. The van der Waals surface area contributed by atoms with E-state index in [9.17, 15) is 0 Å². The number of rotatable bonds is 1. The molecular formula is C35H24O. The van der Waals surface area contributed by atoms with Crippen LogP contribution in [0.1, 0.15) is 37.3 Å². The molecule has 170 valence electrons. The molecule has 0 saturated heterocycles. The van der Waals surface area contributed by atoms with Crippen LogP contribution >= 0.6 is 0 Å². The second kappa shape index (κ2) is 6.86. The zero-order chi connectivity index (χ0) is 31.9. The lowest BCUT2D eigenvalue weighted by Crippen LogP contribution is -2.14. The number of hydrogen-bond donors (Lipinski definition) is 0. The third-order valence-corrected chi connectivity index (χ3v) is 7.60. The number of furan rings is 1. The van der Waals surface area contributed by atoms with Gasteiger partial charge in [-0.1, -0.05) is 105 Å². The van der Waals surface area contributed by atoms with E-state index in [1.165, 1.54) is 5.56 Å². The smallest absolute Gasteiger partial charge is 0.143 e. The molecule has 0 amide bonds. The Morgan fingerprint density at radius 3 is 2.17 bits per heavy atom. The van der Waals surface area contributed by atoms with Crippen molar-refractivity contribution in [1.29, 1.82) is 0 Å². The van der Waals surface area contributed by atoms with E-state index in [1.54, 1.807) is 12.1 Å². The van der Waals surface area contributed by atoms with Gasteiger partial charge in [-0.2, -0.15) is 0 Å². The molecule has 0 saturated carbocycles. The van der Waals surface area contributed by atoms with Crippen molar-refractivity contribution in [2.45, 2.75) is 19.3 Å². The molecule has 0 aliphatic heterocycles. The van der Waals surface area contributed by atoms with Crippen molar-refractivity contribution in [2.24, 2.45) is 0 Å². The number of benzene rings is 6. The van der Waals surface area contributed by atoms with Crippen molar-refractivity contribution < 1.29 is 16.8 Å². The van der Waals surface area contributed by atoms with Crippen LogP contribution in [0.4, 0.5) is 0 Å². The first kappa shape index (κ1) is 13.1. The minimum Gasteiger partial charge on any atom is -0.455 e. The lowest BCUT2D eigenvalue weighted by atomic mass is 9.82. The first-order valence-corrected chi connectivity index (χ1v) is 11.9. The molecule has 8 rings (SSSR count). The second-order valence-electron chi connectivity index (χ2n) is 9.85. The van der Waals surface area contributed by atoms with E-state index < -0.39 is 36.3 Å². The van der Waals surface area contributed by atoms with Gasteiger partial charge in [-0.15, -0.1) is 0 Å². The average molecular weight is 470 g/mol. The minimum absolute atomic E-state index is 0.0345. The fourth-order valence-corrected chi connectivity index (χ4v) is 5.90. The van der Waals surface area contributed by atoms with Crippen molar-refractivity contribution in [3.8, 4) is 22.3 Å². The summed E-state index contributed by atoms with van der Waals surface area (Å²) >= 11 is 0. The van der Waals surface area contributed by atoms with Gasteiger partial charge in [0.05, 0.1) is 12.3 Å². The highest BCUT2D eigenvalue weighted by Gasteiger charge is 2.37. The van der Waals surface area contributed by atoms with Crippen LogP contribution < -0.4 is 0 Å². The summed E-state index contributed by atoms with van der Waals surface area (Å²) in [5, 5.41) is 1.49. The number of fused-ring (bicyclic) bond motifs is 9. The predicted molar refractivity (Wildman–Crippen MR) is 152 cm³/mol. The first-order chi connectivity index (χ1) is 21.4. The van der Waals surface area contributed by atoms with Gasteiger partial charge in [-0.05, 0) is 67.5 Å². The molecule has 0 N–H and O–H groups in total. The van der Waals surface area contributed by atoms with Crippen LogP contribution in [0, 0.1) is 0 Å². The van der Waals surface area contributed by atoms with E-state index >= 15 is 0 Å². The summed E-state index contributed by atoms with van der Waals surface area (Å²) in [7, 11) is 0. The molecule has 1 aromatic heterocycles. The lowest BCUT2D eigenvalue weighted by molar-refractivity contribution is 0.653. The third-order valence-electron chi connectivity index (χ3n) is 7.60. The van der Waals surface area contributed by atoms with Crippen LogP contribution in [0.15, 0.2) is 113 Å². The Hall–Kier alpha value is -4.36. The monoisotopic (exact) mass is 469 g/mol. The van der Waals surface area contributed by atoms with E-state index in [4.69, 9.17) is 16.8 Å². The largest absolute Gasteiger partial charge is 0.455 e. The first-order valence-electron chi connectivity index (χ1n) is 16.4. The summed E-state index contributed by atoms with van der Waals surface area (Å²) in [6.07, 6.45) is 0. The third kappa shape index (κ3) is 2.50. The fraction of sp³-hybridized carbons (Fsp3) is 0.0857. The van der Waals surface area contributed by atoms with Gasteiger partial charge in [0.2, 0.25) is 0 Å². The van der Waals surface area contributed by atoms with Crippen molar-refractivity contribution in [3.63, 3.8) is 0 Å². The summed E-state index contributed by atoms with van der Waals surface area (Å²) in [6.45, 7) is 4.39. The summed E-state index contributed by atoms with van der Waals surface area (Å²) in [4.78, 5) is 0. The zero-order valence-corrected chi connectivity index (χ0v) is 19.6. The van der Waals surface area contributed by atoms with Crippen molar-refractivity contribution in [2.75, 3.05) is 0 Å². The van der Waals surface area contributed by atoms with Crippen LogP contribution in [-0.4, -0.2) is 0 Å². The molecule has 0 bridgehead atoms. The Labute approximate surface area is 222 Å². The molecule has 1 nitrogen and oxygen atoms in total. The highest BCUT2D eigenvalue weighted by Crippen LogP contribution is 2.52. The van der Waals surface area contributed by atoms with Gasteiger partial charge in [0, 0.05) is 21.8 Å². The van der Waals surface area contributed by atoms with E-state index in [0.29, 0.717) is 11.1 Å². The SMILES string of the molecule is [2H]c1c([2H])c([2H])c2c(-c3ccc4oc5c6c(ccc5c4c3)C(C)(C)c3ccccc3-6)c3c([2H])c([2H])c([2H])c([2H])c3c([2H])c2c1[2H]. The van der Waals surface area contributed by atoms with Crippen LogP contribution in [0.5, 0.6) is 0 Å². The topological polar surface area (TPSA) is 13.1 Å². The minimum atomic E-state index is -0.513. The zero-order valence-electron chi connectivity index (χ0n) is 28.6. The van der Waals surface area contributed by atoms with Gasteiger partial charge in [0.25, 0.3) is 0 Å². The Kier molecular flexibility index (Phi) is 2.49. The number of hydrogen-bond acceptors (Lipinski definition) is 1. The molecule has 0 fully saturated rings. The molecule has 36 heavy (non-hydrogen) atoms. The summed E-state index contributed by atoms with van der Waals surface area (Å²) < 4.78 is 84.0. The Bertz CT molecular complexity index is 2430. The van der Waals surface area contributed by atoms with Crippen LogP contribution in [0.25, 0.3) is 65.7 Å². The van der Waals surface area contributed by atoms with Gasteiger partial charge in [-0.3, -0.25) is 0 Å². The lowest BCUT2D eigenvalue weighted by Gasteiger charge is -2.21. The Morgan fingerprint density at radius 1 is 0.667 bits per heavy atom. The summed E-state index contributed by atoms with van der Waals surface area (Å²) in [6, 6.07) is 13.8. The molecule has 0 unspecified atom stereocenters. The maximum Gasteiger partial charge on any atom is 0.143 e.